The highest BCUT2D eigenvalue weighted by Crippen LogP contribution is 2.26. The number of rotatable bonds is 4. The molecule has 9 heteroatoms. The van der Waals surface area contributed by atoms with Gasteiger partial charge in [-0.2, -0.15) is 5.10 Å². The van der Waals surface area contributed by atoms with Gasteiger partial charge in [-0.05, 0) is 18.8 Å². The predicted octanol–water partition coefficient (Wildman–Crippen LogP) is 0.119. The highest BCUT2D eigenvalue weighted by atomic mass is 32.2. The molecule has 0 aromatic carbocycles. The third kappa shape index (κ3) is 3.30. The average Bonchev–Trinajstić information content (AvgIpc) is 2.93. The Morgan fingerprint density at radius 3 is 3.14 bits per heavy atom. The molecule has 1 fully saturated rings. The smallest absolute Gasteiger partial charge is 0.208 e. The minimum Gasteiger partial charge on any atom is -0.356 e. The fourth-order valence-corrected chi connectivity index (χ4v) is 3.24. The van der Waals surface area contributed by atoms with Crippen LogP contribution in [0, 0.1) is 5.92 Å². The van der Waals surface area contributed by atoms with Crippen molar-refractivity contribution in [3.05, 3.63) is 12.5 Å². The van der Waals surface area contributed by atoms with Crippen LogP contribution in [0.3, 0.4) is 0 Å². The molecule has 1 aliphatic heterocycles. The number of piperidine rings is 1. The summed E-state index contributed by atoms with van der Waals surface area (Å²) in [6, 6.07) is 0. The van der Waals surface area contributed by atoms with Crippen molar-refractivity contribution < 1.29 is 8.42 Å². The first-order valence-corrected chi connectivity index (χ1v) is 8.76. The van der Waals surface area contributed by atoms with Gasteiger partial charge in [-0.25, -0.2) is 23.1 Å². The van der Waals surface area contributed by atoms with Gasteiger partial charge in [0.15, 0.2) is 5.65 Å². The number of aromatic amines is 1. The Kier molecular flexibility index (Phi) is 3.77. The van der Waals surface area contributed by atoms with Crippen LogP contribution >= 0.6 is 0 Å². The Morgan fingerprint density at radius 1 is 1.48 bits per heavy atom. The van der Waals surface area contributed by atoms with Crippen LogP contribution in [0.15, 0.2) is 12.5 Å². The molecule has 0 spiro atoms. The van der Waals surface area contributed by atoms with Crippen LogP contribution in [0.5, 0.6) is 0 Å². The summed E-state index contributed by atoms with van der Waals surface area (Å²) in [6.45, 7) is 2.15. The summed E-state index contributed by atoms with van der Waals surface area (Å²) < 4.78 is 25.0. The monoisotopic (exact) mass is 310 g/mol. The summed E-state index contributed by atoms with van der Waals surface area (Å²) in [7, 11) is -3.14. The van der Waals surface area contributed by atoms with Crippen molar-refractivity contribution in [2.45, 2.75) is 12.8 Å². The average molecular weight is 310 g/mol. The number of H-pyrrole nitrogens is 1. The largest absolute Gasteiger partial charge is 0.356 e. The normalized spacial score (nSPS) is 20.0. The Morgan fingerprint density at radius 2 is 2.33 bits per heavy atom. The van der Waals surface area contributed by atoms with Gasteiger partial charge in [0.1, 0.15) is 12.1 Å². The molecule has 1 aliphatic rings. The standard InChI is InChI=1S/C12H18N6O2S/c1-21(19,20)16-5-9-3-2-4-18(7-9)12-10-6-15-17-11(10)13-8-14-12/h6,8-9,16H,2-5,7H2,1H3,(H,13,14,15,17)/t9-/m1/s1. The molecule has 3 rings (SSSR count). The van der Waals surface area contributed by atoms with Crippen molar-refractivity contribution in [3.8, 4) is 0 Å². The zero-order chi connectivity index (χ0) is 14.9. The van der Waals surface area contributed by atoms with E-state index in [2.05, 4.69) is 29.8 Å². The number of aromatic nitrogens is 4. The number of hydrogen-bond donors (Lipinski definition) is 2. The van der Waals surface area contributed by atoms with Gasteiger partial charge in [0.25, 0.3) is 0 Å². The van der Waals surface area contributed by atoms with E-state index in [0.29, 0.717) is 6.54 Å². The van der Waals surface area contributed by atoms with E-state index >= 15 is 0 Å². The molecule has 0 amide bonds. The molecule has 21 heavy (non-hydrogen) atoms. The molecule has 2 aromatic heterocycles. The molecule has 1 saturated heterocycles. The van der Waals surface area contributed by atoms with E-state index in [0.717, 1.165) is 42.8 Å². The Balaban J connectivity index is 1.75. The minimum atomic E-state index is -3.14. The third-order valence-electron chi connectivity index (χ3n) is 3.68. The van der Waals surface area contributed by atoms with Gasteiger partial charge in [0.05, 0.1) is 17.8 Å². The second kappa shape index (κ2) is 5.57. The second-order valence-electron chi connectivity index (χ2n) is 5.40. The quantitative estimate of drug-likeness (QED) is 0.831. The maximum Gasteiger partial charge on any atom is 0.208 e. The molecular weight excluding hydrogens is 292 g/mol. The SMILES string of the molecule is CS(=O)(=O)NC[C@H]1CCCN(c2ncnc3[nH]ncc23)C1. The molecule has 0 aliphatic carbocycles. The van der Waals surface area contributed by atoms with Gasteiger partial charge < -0.3 is 4.90 Å². The molecule has 0 bridgehead atoms. The fourth-order valence-electron chi connectivity index (χ4n) is 2.70. The highest BCUT2D eigenvalue weighted by Gasteiger charge is 2.23. The van der Waals surface area contributed by atoms with Gasteiger partial charge in [-0.3, -0.25) is 5.10 Å². The van der Waals surface area contributed by atoms with Crippen LogP contribution in [0.1, 0.15) is 12.8 Å². The highest BCUT2D eigenvalue weighted by molar-refractivity contribution is 7.88. The van der Waals surface area contributed by atoms with Crippen LogP contribution in [-0.2, 0) is 10.0 Å². The maximum absolute atomic E-state index is 11.2. The van der Waals surface area contributed by atoms with Gasteiger partial charge in [-0.1, -0.05) is 0 Å². The summed E-state index contributed by atoms with van der Waals surface area (Å²) in [4.78, 5) is 10.7. The molecule has 3 heterocycles. The van der Waals surface area contributed by atoms with E-state index in [1.54, 1.807) is 6.20 Å². The topological polar surface area (TPSA) is 104 Å². The minimum absolute atomic E-state index is 0.283. The van der Waals surface area contributed by atoms with Gasteiger partial charge in [-0.15, -0.1) is 0 Å². The molecule has 0 radical (unpaired) electrons. The van der Waals surface area contributed by atoms with Crippen LogP contribution in [-0.4, -0.2) is 54.5 Å². The van der Waals surface area contributed by atoms with Crippen molar-refractivity contribution in [1.82, 2.24) is 24.9 Å². The van der Waals surface area contributed by atoms with Gasteiger partial charge in [0.2, 0.25) is 10.0 Å². The lowest BCUT2D eigenvalue weighted by Gasteiger charge is -2.33. The summed E-state index contributed by atoms with van der Waals surface area (Å²) >= 11 is 0. The molecule has 1 atom stereocenters. The fraction of sp³-hybridized carbons (Fsp3) is 0.583. The van der Waals surface area contributed by atoms with Crippen molar-refractivity contribution >= 4 is 26.9 Å². The van der Waals surface area contributed by atoms with E-state index in [-0.39, 0.29) is 5.92 Å². The van der Waals surface area contributed by atoms with Crippen molar-refractivity contribution in [2.24, 2.45) is 5.92 Å². The van der Waals surface area contributed by atoms with E-state index in [1.165, 1.54) is 12.6 Å². The zero-order valence-electron chi connectivity index (χ0n) is 11.8. The van der Waals surface area contributed by atoms with Crippen molar-refractivity contribution in [1.29, 1.82) is 0 Å². The molecule has 2 N–H and O–H groups in total. The summed E-state index contributed by atoms with van der Waals surface area (Å²) in [5, 5.41) is 7.73. The summed E-state index contributed by atoms with van der Waals surface area (Å²) in [5.41, 5.74) is 0.719. The number of nitrogens with one attached hydrogen (secondary N) is 2. The molecule has 0 saturated carbocycles. The first-order valence-electron chi connectivity index (χ1n) is 6.86. The number of nitrogens with zero attached hydrogens (tertiary/aromatic N) is 4. The first-order chi connectivity index (χ1) is 10.0. The first kappa shape index (κ1) is 14.2. The maximum atomic E-state index is 11.2. The number of fused-ring (bicyclic) bond motifs is 1. The Hall–Kier alpha value is -1.74. The van der Waals surface area contributed by atoms with Crippen LogP contribution < -0.4 is 9.62 Å². The molecule has 114 valence electrons. The van der Waals surface area contributed by atoms with Crippen LogP contribution in [0.2, 0.25) is 0 Å². The Bertz CT molecular complexity index is 728. The molecule has 2 aromatic rings. The van der Waals surface area contributed by atoms with Crippen molar-refractivity contribution in [2.75, 3.05) is 30.8 Å². The number of anilines is 1. The van der Waals surface area contributed by atoms with Gasteiger partial charge >= 0.3 is 0 Å². The van der Waals surface area contributed by atoms with E-state index in [4.69, 9.17) is 0 Å². The molecule has 8 nitrogen and oxygen atoms in total. The van der Waals surface area contributed by atoms with Crippen LogP contribution in [0.4, 0.5) is 5.82 Å². The van der Waals surface area contributed by atoms with Crippen LogP contribution in [0.25, 0.3) is 11.0 Å². The zero-order valence-corrected chi connectivity index (χ0v) is 12.6. The number of hydrogen-bond acceptors (Lipinski definition) is 6. The lowest BCUT2D eigenvalue weighted by molar-refractivity contribution is 0.410. The molecule has 0 unspecified atom stereocenters. The lowest BCUT2D eigenvalue weighted by atomic mass is 9.98. The lowest BCUT2D eigenvalue weighted by Crippen LogP contribution is -2.41. The predicted molar refractivity (Wildman–Crippen MR) is 79.5 cm³/mol. The summed E-state index contributed by atoms with van der Waals surface area (Å²) in [6.07, 6.45) is 6.46. The van der Waals surface area contributed by atoms with Gasteiger partial charge in [0, 0.05) is 19.6 Å². The summed E-state index contributed by atoms with van der Waals surface area (Å²) in [5.74, 6) is 1.14. The second-order valence-corrected chi connectivity index (χ2v) is 7.24. The van der Waals surface area contributed by atoms with E-state index in [9.17, 15) is 8.42 Å². The van der Waals surface area contributed by atoms with Crippen molar-refractivity contribution in [3.63, 3.8) is 0 Å². The number of sulfonamides is 1. The third-order valence-corrected chi connectivity index (χ3v) is 4.37. The Labute approximate surface area is 123 Å². The molecular formula is C12H18N6O2S. The van der Waals surface area contributed by atoms with E-state index in [1.807, 2.05) is 0 Å². The van der Waals surface area contributed by atoms with E-state index < -0.39 is 10.0 Å².